The summed E-state index contributed by atoms with van der Waals surface area (Å²) in [5.74, 6) is 0. The van der Waals surface area contributed by atoms with Crippen LogP contribution in [0.4, 0.5) is 0 Å². The van der Waals surface area contributed by atoms with Gasteiger partial charge in [-0.05, 0) is 54.7 Å². The Morgan fingerprint density at radius 3 is 2.16 bits per heavy atom. The van der Waals surface area contributed by atoms with Gasteiger partial charge in [-0.15, -0.1) is 0 Å². The first-order valence-electron chi connectivity index (χ1n) is 8.56. The third-order valence-electron chi connectivity index (χ3n) is 5.22. The monoisotopic (exact) mass is 351 g/mol. The maximum absolute atomic E-state index is 11.7. The van der Waals surface area contributed by atoms with Gasteiger partial charge in [0.2, 0.25) is 0 Å². The van der Waals surface area contributed by atoms with Crippen molar-refractivity contribution in [1.29, 1.82) is 0 Å². The van der Waals surface area contributed by atoms with E-state index in [1.54, 1.807) is 12.1 Å². The van der Waals surface area contributed by atoms with Gasteiger partial charge in [-0.3, -0.25) is 4.98 Å². The van der Waals surface area contributed by atoms with Crippen molar-refractivity contribution in [2.45, 2.75) is 31.1 Å². The molecule has 25 heavy (non-hydrogen) atoms. The fraction of sp³-hybridized carbons (Fsp3) is 0.286. The summed E-state index contributed by atoms with van der Waals surface area (Å²) in [6.07, 6.45) is 11.4. The number of aromatic nitrogens is 1. The average molecular weight is 351 g/mol. The molecule has 1 fully saturated rings. The summed E-state index contributed by atoms with van der Waals surface area (Å²) >= 11 is 0. The Labute approximate surface area is 149 Å². The summed E-state index contributed by atoms with van der Waals surface area (Å²) in [6.45, 7) is 2.04. The second-order valence-corrected chi connectivity index (χ2v) is 9.24. The molecule has 3 nitrogen and oxygen atoms in total. The second-order valence-electron chi connectivity index (χ2n) is 7.22. The molecule has 128 valence electrons. The summed E-state index contributed by atoms with van der Waals surface area (Å²) in [4.78, 5) is 4.97. The minimum atomic E-state index is -3.18. The largest absolute Gasteiger partial charge is 0.256 e. The van der Waals surface area contributed by atoms with Gasteiger partial charge >= 0.3 is 0 Å². The van der Waals surface area contributed by atoms with Crippen molar-refractivity contribution in [2.24, 2.45) is 5.41 Å². The Morgan fingerprint density at radius 2 is 1.64 bits per heavy atom. The van der Waals surface area contributed by atoms with Gasteiger partial charge in [0.25, 0.3) is 0 Å². The van der Waals surface area contributed by atoms with Crippen molar-refractivity contribution in [3.8, 4) is 0 Å². The number of benzene rings is 1. The van der Waals surface area contributed by atoms with Crippen molar-refractivity contribution in [3.63, 3.8) is 0 Å². The van der Waals surface area contributed by atoms with E-state index in [1.165, 1.54) is 25.5 Å². The van der Waals surface area contributed by atoms with Crippen molar-refractivity contribution in [2.75, 3.05) is 6.26 Å². The van der Waals surface area contributed by atoms with Crippen LogP contribution in [0.15, 0.2) is 59.6 Å². The Kier molecular flexibility index (Phi) is 3.69. The predicted octanol–water partition coefficient (Wildman–Crippen LogP) is 4.44. The molecule has 4 heteroatoms. The van der Waals surface area contributed by atoms with Gasteiger partial charge in [0.1, 0.15) is 0 Å². The van der Waals surface area contributed by atoms with Crippen LogP contribution in [0.5, 0.6) is 0 Å². The van der Waals surface area contributed by atoms with Crippen LogP contribution < -0.4 is 0 Å². The fourth-order valence-corrected chi connectivity index (χ4v) is 4.24. The van der Waals surface area contributed by atoms with Crippen molar-refractivity contribution in [3.05, 3.63) is 71.6 Å². The van der Waals surface area contributed by atoms with E-state index in [0.717, 1.165) is 28.0 Å². The van der Waals surface area contributed by atoms with Crippen LogP contribution in [-0.2, 0) is 9.84 Å². The smallest absolute Gasteiger partial charge is 0.175 e. The molecular formula is C21H21NO2S. The van der Waals surface area contributed by atoms with Gasteiger partial charge in [-0.1, -0.05) is 36.8 Å². The number of aryl methyl sites for hydroxylation is 1. The van der Waals surface area contributed by atoms with E-state index in [4.69, 9.17) is 0 Å². The summed E-state index contributed by atoms with van der Waals surface area (Å²) in [5.41, 5.74) is 5.65. The van der Waals surface area contributed by atoms with Crippen LogP contribution in [0, 0.1) is 12.3 Å². The lowest BCUT2D eigenvalue weighted by Gasteiger charge is -2.34. The number of nitrogens with zero attached hydrogens (tertiary/aromatic N) is 1. The Hall–Kier alpha value is -2.20. The van der Waals surface area contributed by atoms with Gasteiger partial charge in [-0.2, -0.15) is 0 Å². The average Bonchev–Trinajstić information content (AvgIpc) is 2.96. The zero-order valence-corrected chi connectivity index (χ0v) is 15.3. The molecule has 0 N–H and O–H groups in total. The lowest BCUT2D eigenvalue weighted by atomic mass is 9.70. The first kappa shape index (κ1) is 16.3. The highest BCUT2D eigenvalue weighted by Gasteiger charge is 2.38. The topological polar surface area (TPSA) is 47.0 Å². The van der Waals surface area contributed by atoms with Gasteiger partial charge in [0.15, 0.2) is 9.84 Å². The molecule has 0 aliphatic heterocycles. The molecular weight excluding hydrogens is 330 g/mol. The molecule has 1 aromatic carbocycles. The molecule has 1 saturated carbocycles. The van der Waals surface area contributed by atoms with Crippen molar-refractivity contribution in [1.82, 2.24) is 4.98 Å². The van der Waals surface area contributed by atoms with E-state index in [-0.39, 0.29) is 5.41 Å². The molecule has 0 saturated heterocycles. The second kappa shape index (κ2) is 5.67. The molecule has 2 aliphatic rings. The minimum Gasteiger partial charge on any atom is -0.256 e. The Balaban J connectivity index is 1.77. The molecule has 4 rings (SSSR count). The van der Waals surface area contributed by atoms with Gasteiger partial charge < -0.3 is 0 Å². The predicted molar refractivity (Wildman–Crippen MR) is 101 cm³/mol. The summed E-state index contributed by atoms with van der Waals surface area (Å²) in [5, 5.41) is 0. The highest BCUT2D eigenvalue weighted by Crippen LogP contribution is 2.53. The van der Waals surface area contributed by atoms with Gasteiger partial charge in [0.05, 0.1) is 10.6 Å². The van der Waals surface area contributed by atoms with Gasteiger partial charge in [-0.25, -0.2) is 8.42 Å². The van der Waals surface area contributed by atoms with E-state index in [2.05, 4.69) is 29.3 Å². The fourth-order valence-electron chi connectivity index (χ4n) is 3.61. The first-order chi connectivity index (χ1) is 11.9. The highest BCUT2D eigenvalue weighted by molar-refractivity contribution is 7.90. The van der Waals surface area contributed by atoms with E-state index < -0.39 is 9.84 Å². The quantitative estimate of drug-likeness (QED) is 0.821. The SMILES string of the molecule is Cc1ccc(C2=CC3(C=C2c2ccc(S(C)(=O)=O)cc2)CCC3)nc1. The lowest BCUT2D eigenvalue weighted by Crippen LogP contribution is -2.22. The van der Waals surface area contributed by atoms with Crippen LogP contribution in [0.3, 0.4) is 0 Å². The van der Waals surface area contributed by atoms with Crippen LogP contribution in [-0.4, -0.2) is 19.7 Å². The molecule has 0 unspecified atom stereocenters. The summed E-state index contributed by atoms with van der Waals surface area (Å²) in [6, 6.07) is 11.3. The van der Waals surface area contributed by atoms with Crippen LogP contribution >= 0.6 is 0 Å². The van der Waals surface area contributed by atoms with E-state index in [1.807, 2.05) is 25.3 Å². The molecule has 1 spiro atoms. The molecule has 0 bridgehead atoms. The molecule has 0 amide bonds. The first-order valence-corrected chi connectivity index (χ1v) is 10.5. The maximum atomic E-state index is 11.7. The van der Waals surface area contributed by atoms with E-state index in [9.17, 15) is 8.42 Å². The van der Waals surface area contributed by atoms with E-state index in [0.29, 0.717) is 4.90 Å². The number of allylic oxidation sites excluding steroid dienone is 4. The van der Waals surface area contributed by atoms with Crippen LogP contribution in [0.2, 0.25) is 0 Å². The highest BCUT2D eigenvalue weighted by atomic mass is 32.2. The van der Waals surface area contributed by atoms with Crippen molar-refractivity contribution >= 4 is 21.0 Å². The number of hydrogen-bond donors (Lipinski definition) is 0. The third-order valence-corrected chi connectivity index (χ3v) is 6.35. The third kappa shape index (κ3) is 2.95. The zero-order chi connectivity index (χ0) is 17.7. The summed E-state index contributed by atoms with van der Waals surface area (Å²) in [7, 11) is -3.18. The molecule has 1 aromatic heterocycles. The number of pyridine rings is 1. The normalized spacial score (nSPS) is 18.6. The Bertz CT molecular complexity index is 977. The molecule has 2 aliphatic carbocycles. The van der Waals surface area contributed by atoms with Crippen LogP contribution in [0.1, 0.15) is 36.1 Å². The molecule has 0 radical (unpaired) electrons. The minimum absolute atomic E-state index is 0.159. The molecule has 1 heterocycles. The zero-order valence-electron chi connectivity index (χ0n) is 14.5. The molecule has 2 aromatic rings. The maximum Gasteiger partial charge on any atom is 0.175 e. The Morgan fingerprint density at radius 1 is 0.960 bits per heavy atom. The van der Waals surface area contributed by atoms with Gasteiger partial charge in [0, 0.05) is 23.4 Å². The van der Waals surface area contributed by atoms with Crippen molar-refractivity contribution < 1.29 is 8.42 Å². The van der Waals surface area contributed by atoms with E-state index >= 15 is 0 Å². The summed E-state index contributed by atoms with van der Waals surface area (Å²) < 4.78 is 23.4. The number of hydrogen-bond acceptors (Lipinski definition) is 3. The number of sulfone groups is 1. The lowest BCUT2D eigenvalue weighted by molar-refractivity contribution is 0.282. The number of rotatable bonds is 3. The van der Waals surface area contributed by atoms with Crippen LogP contribution in [0.25, 0.3) is 11.1 Å². The molecule has 0 atom stereocenters. The standard InChI is InChI=1S/C21H21NO2S/c1-15-4-9-20(22-14-15)19-13-21(10-3-11-21)12-18(19)16-5-7-17(8-6-16)25(2,23)24/h4-9,12-14H,3,10-11H2,1-2H3.